The number of hydrogen-bond acceptors (Lipinski definition) is 3. The summed E-state index contributed by atoms with van der Waals surface area (Å²) < 4.78 is 13.6. The second-order valence-electron chi connectivity index (χ2n) is 5.22. The highest BCUT2D eigenvalue weighted by Gasteiger charge is 2.12. The molecule has 0 saturated carbocycles. The molecule has 0 radical (unpaired) electrons. The third kappa shape index (κ3) is 3.26. The number of hydrogen-bond donors (Lipinski definition) is 2. The Balaban J connectivity index is 1.68. The Labute approximate surface area is 128 Å². The molecule has 2 aromatic rings. The molecule has 0 bridgehead atoms. The molecule has 2 aromatic carbocycles. The second kappa shape index (κ2) is 6.58. The Hall–Kier alpha value is -2.40. The van der Waals surface area contributed by atoms with E-state index >= 15 is 0 Å². The fourth-order valence-corrected chi connectivity index (χ4v) is 2.52. The minimum absolute atomic E-state index is 0.0497. The number of carbonyl (C=O) groups is 1. The zero-order valence-electron chi connectivity index (χ0n) is 12.2. The van der Waals surface area contributed by atoms with Gasteiger partial charge in [0.25, 0.3) is 5.91 Å². The highest BCUT2D eigenvalue weighted by Crippen LogP contribution is 2.19. The van der Waals surface area contributed by atoms with Crippen molar-refractivity contribution in [3.05, 3.63) is 59.9 Å². The van der Waals surface area contributed by atoms with Crippen LogP contribution in [0.1, 0.15) is 10.4 Å². The van der Waals surface area contributed by atoms with Crippen LogP contribution in [-0.4, -0.2) is 32.1 Å². The molecule has 3 rings (SSSR count). The predicted octanol–water partition coefficient (Wildman–Crippen LogP) is 2.49. The maximum Gasteiger partial charge on any atom is 0.258 e. The van der Waals surface area contributed by atoms with Gasteiger partial charge in [-0.2, -0.15) is 0 Å². The van der Waals surface area contributed by atoms with Crippen molar-refractivity contribution in [2.24, 2.45) is 0 Å². The number of nitrogens with one attached hydrogen (secondary N) is 2. The minimum Gasteiger partial charge on any atom is -0.369 e. The first-order valence-corrected chi connectivity index (χ1v) is 7.35. The van der Waals surface area contributed by atoms with E-state index in [-0.39, 0.29) is 5.56 Å². The number of nitrogens with zero attached hydrogens (tertiary/aromatic N) is 1. The molecule has 1 saturated heterocycles. The zero-order chi connectivity index (χ0) is 15.4. The zero-order valence-corrected chi connectivity index (χ0v) is 12.2. The second-order valence-corrected chi connectivity index (χ2v) is 5.22. The van der Waals surface area contributed by atoms with Crippen LogP contribution < -0.4 is 15.5 Å². The van der Waals surface area contributed by atoms with Gasteiger partial charge in [0, 0.05) is 37.6 Å². The molecule has 1 fully saturated rings. The topological polar surface area (TPSA) is 44.4 Å². The van der Waals surface area contributed by atoms with Gasteiger partial charge in [-0.1, -0.05) is 12.1 Å². The van der Waals surface area contributed by atoms with E-state index in [1.165, 1.54) is 12.1 Å². The molecule has 22 heavy (non-hydrogen) atoms. The van der Waals surface area contributed by atoms with Gasteiger partial charge in [0.05, 0.1) is 5.56 Å². The number of benzene rings is 2. The minimum atomic E-state index is -0.516. The molecule has 1 aliphatic rings. The molecule has 5 heteroatoms. The van der Waals surface area contributed by atoms with E-state index in [2.05, 4.69) is 15.5 Å². The molecular formula is C17H18FN3O. The Morgan fingerprint density at radius 1 is 1.05 bits per heavy atom. The van der Waals surface area contributed by atoms with Crippen molar-refractivity contribution in [3.63, 3.8) is 0 Å². The summed E-state index contributed by atoms with van der Waals surface area (Å²) in [6, 6.07) is 13.6. The smallest absolute Gasteiger partial charge is 0.258 e. The van der Waals surface area contributed by atoms with Gasteiger partial charge in [-0.05, 0) is 36.4 Å². The first-order valence-electron chi connectivity index (χ1n) is 7.35. The van der Waals surface area contributed by atoms with Crippen molar-refractivity contribution >= 4 is 17.3 Å². The van der Waals surface area contributed by atoms with Crippen LogP contribution in [0.3, 0.4) is 0 Å². The van der Waals surface area contributed by atoms with Crippen LogP contribution in [-0.2, 0) is 0 Å². The molecule has 2 N–H and O–H groups in total. The van der Waals surface area contributed by atoms with Crippen molar-refractivity contribution in [2.75, 3.05) is 36.4 Å². The quantitative estimate of drug-likeness (QED) is 0.915. The fourth-order valence-electron chi connectivity index (χ4n) is 2.52. The molecule has 0 aromatic heterocycles. The molecular weight excluding hydrogens is 281 g/mol. The van der Waals surface area contributed by atoms with Crippen LogP contribution in [0.15, 0.2) is 48.5 Å². The third-order valence-corrected chi connectivity index (χ3v) is 3.73. The number of halogens is 1. The number of carbonyl (C=O) groups excluding carboxylic acids is 1. The molecule has 0 unspecified atom stereocenters. The van der Waals surface area contributed by atoms with Crippen LogP contribution in [0.25, 0.3) is 0 Å². The van der Waals surface area contributed by atoms with Crippen LogP contribution >= 0.6 is 0 Å². The normalized spacial score (nSPS) is 14.7. The summed E-state index contributed by atoms with van der Waals surface area (Å²) in [5, 5.41) is 6.03. The molecule has 0 atom stereocenters. The standard InChI is InChI=1S/C17H18FN3O/c18-16-4-2-1-3-15(16)17(22)20-13-5-7-14(8-6-13)21-11-9-19-10-12-21/h1-8,19H,9-12H2,(H,20,22). The molecule has 114 valence electrons. The summed E-state index contributed by atoms with van der Waals surface area (Å²) in [5.41, 5.74) is 1.84. The predicted molar refractivity (Wildman–Crippen MR) is 85.9 cm³/mol. The summed E-state index contributed by atoms with van der Waals surface area (Å²) >= 11 is 0. The molecule has 0 spiro atoms. The first kappa shape index (κ1) is 14.5. The van der Waals surface area contributed by atoms with Gasteiger partial charge >= 0.3 is 0 Å². The van der Waals surface area contributed by atoms with Crippen molar-refractivity contribution in [1.82, 2.24) is 5.32 Å². The SMILES string of the molecule is O=C(Nc1ccc(N2CCNCC2)cc1)c1ccccc1F. The Morgan fingerprint density at radius 3 is 2.41 bits per heavy atom. The van der Waals surface area contributed by atoms with Crippen LogP contribution in [0.5, 0.6) is 0 Å². The van der Waals surface area contributed by atoms with Crippen molar-refractivity contribution in [3.8, 4) is 0 Å². The van der Waals surface area contributed by atoms with Crippen LogP contribution in [0.4, 0.5) is 15.8 Å². The lowest BCUT2D eigenvalue weighted by Gasteiger charge is -2.29. The number of amides is 1. The monoisotopic (exact) mass is 299 g/mol. The van der Waals surface area contributed by atoms with E-state index in [0.717, 1.165) is 31.9 Å². The molecule has 1 heterocycles. The largest absolute Gasteiger partial charge is 0.369 e. The Morgan fingerprint density at radius 2 is 1.73 bits per heavy atom. The summed E-state index contributed by atoms with van der Waals surface area (Å²) in [6.45, 7) is 3.90. The van der Waals surface area contributed by atoms with Crippen LogP contribution in [0.2, 0.25) is 0 Å². The first-order chi connectivity index (χ1) is 10.7. The summed E-state index contributed by atoms with van der Waals surface area (Å²) in [5.74, 6) is -0.953. The van der Waals surface area contributed by atoms with Gasteiger partial charge in [-0.3, -0.25) is 4.79 Å². The van der Waals surface area contributed by atoms with E-state index in [4.69, 9.17) is 0 Å². The third-order valence-electron chi connectivity index (χ3n) is 3.73. The van der Waals surface area contributed by atoms with E-state index in [9.17, 15) is 9.18 Å². The molecule has 0 aliphatic carbocycles. The lowest BCUT2D eigenvalue weighted by molar-refractivity contribution is 0.102. The van der Waals surface area contributed by atoms with Crippen molar-refractivity contribution < 1.29 is 9.18 Å². The lowest BCUT2D eigenvalue weighted by Crippen LogP contribution is -2.43. The Bertz CT molecular complexity index is 651. The highest BCUT2D eigenvalue weighted by atomic mass is 19.1. The Kier molecular flexibility index (Phi) is 4.34. The number of piperazine rings is 1. The van der Waals surface area contributed by atoms with Gasteiger partial charge in [0.15, 0.2) is 0 Å². The van der Waals surface area contributed by atoms with E-state index in [1.807, 2.05) is 24.3 Å². The molecule has 4 nitrogen and oxygen atoms in total. The molecule has 1 amide bonds. The summed E-state index contributed by atoms with van der Waals surface area (Å²) in [4.78, 5) is 14.3. The maximum atomic E-state index is 13.6. The van der Waals surface area contributed by atoms with Crippen molar-refractivity contribution in [2.45, 2.75) is 0 Å². The van der Waals surface area contributed by atoms with Crippen LogP contribution in [0, 0.1) is 5.82 Å². The van der Waals surface area contributed by atoms with E-state index in [0.29, 0.717) is 5.69 Å². The summed E-state index contributed by atoms with van der Waals surface area (Å²) in [7, 11) is 0. The number of anilines is 2. The molecule has 1 aliphatic heterocycles. The lowest BCUT2D eigenvalue weighted by atomic mass is 10.2. The fraction of sp³-hybridized carbons (Fsp3) is 0.235. The van der Waals surface area contributed by atoms with Crippen molar-refractivity contribution in [1.29, 1.82) is 0 Å². The van der Waals surface area contributed by atoms with E-state index < -0.39 is 11.7 Å². The maximum absolute atomic E-state index is 13.6. The summed E-state index contributed by atoms with van der Waals surface area (Å²) in [6.07, 6.45) is 0. The van der Waals surface area contributed by atoms with E-state index in [1.54, 1.807) is 12.1 Å². The van der Waals surface area contributed by atoms with Gasteiger partial charge in [0.1, 0.15) is 5.82 Å². The number of rotatable bonds is 3. The van der Waals surface area contributed by atoms with Gasteiger partial charge < -0.3 is 15.5 Å². The van der Waals surface area contributed by atoms with Gasteiger partial charge in [-0.25, -0.2) is 4.39 Å². The highest BCUT2D eigenvalue weighted by molar-refractivity contribution is 6.04. The average molecular weight is 299 g/mol. The van der Waals surface area contributed by atoms with Gasteiger partial charge in [0.2, 0.25) is 0 Å². The van der Waals surface area contributed by atoms with Gasteiger partial charge in [-0.15, -0.1) is 0 Å². The average Bonchev–Trinajstić information content (AvgIpc) is 2.57.